The first-order valence-electron chi connectivity index (χ1n) is 9.02. The monoisotopic (exact) mass is 350 g/mol. The van der Waals surface area contributed by atoms with Crippen LogP contribution in [0.2, 0.25) is 0 Å². The fourth-order valence-corrected chi connectivity index (χ4v) is 3.70. The third kappa shape index (κ3) is 3.81. The molecule has 26 heavy (non-hydrogen) atoms. The van der Waals surface area contributed by atoms with Crippen molar-refractivity contribution in [3.63, 3.8) is 0 Å². The molecule has 1 unspecified atom stereocenters. The molecule has 0 saturated carbocycles. The van der Waals surface area contributed by atoms with Crippen LogP contribution in [0.1, 0.15) is 24.4 Å². The van der Waals surface area contributed by atoms with Crippen LogP contribution in [0.4, 0.5) is 5.69 Å². The van der Waals surface area contributed by atoms with Gasteiger partial charge in [-0.1, -0.05) is 54.6 Å². The zero-order chi connectivity index (χ0) is 18.4. The molecule has 1 fully saturated rings. The second-order valence-corrected chi connectivity index (χ2v) is 6.69. The van der Waals surface area contributed by atoms with Crippen molar-refractivity contribution in [2.45, 2.75) is 24.4 Å². The summed E-state index contributed by atoms with van der Waals surface area (Å²) < 4.78 is 5.13. The number of carbonyl (C=O) groups is 1. The van der Waals surface area contributed by atoms with Crippen LogP contribution in [0.25, 0.3) is 0 Å². The highest BCUT2D eigenvalue weighted by molar-refractivity contribution is 5.84. The van der Waals surface area contributed by atoms with Crippen molar-refractivity contribution in [1.29, 1.82) is 0 Å². The number of para-hydroxylation sites is 1. The highest BCUT2D eigenvalue weighted by atomic mass is 16.5. The van der Waals surface area contributed by atoms with E-state index in [1.54, 1.807) is 0 Å². The van der Waals surface area contributed by atoms with Gasteiger partial charge in [-0.25, -0.2) is 4.79 Å². The lowest BCUT2D eigenvalue weighted by atomic mass is 9.85. The molecule has 3 rings (SSSR count). The van der Waals surface area contributed by atoms with E-state index in [4.69, 9.17) is 4.74 Å². The Morgan fingerprint density at radius 2 is 1.69 bits per heavy atom. The minimum atomic E-state index is -0.686. The van der Waals surface area contributed by atoms with E-state index in [0.29, 0.717) is 12.8 Å². The molecule has 1 aliphatic heterocycles. The first-order chi connectivity index (χ1) is 12.7. The predicted molar refractivity (Wildman–Crippen MR) is 105 cm³/mol. The van der Waals surface area contributed by atoms with Crippen LogP contribution in [-0.4, -0.2) is 36.6 Å². The van der Waals surface area contributed by atoms with E-state index >= 15 is 0 Å². The first-order valence-corrected chi connectivity index (χ1v) is 9.02. The molecule has 1 N–H and O–H groups in total. The minimum Gasteiger partial charge on any atom is -0.467 e. The molecule has 136 valence electrons. The molecular formula is C22H26N2O2. The van der Waals surface area contributed by atoms with E-state index in [-0.39, 0.29) is 12.0 Å². The van der Waals surface area contributed by atoms with Crippen LogP contribution in [0.15, 0.2) is 73.3 Å². The molecule has 0 radical (unpaired) electrons. The Labute approximate surface area is 155 Å². The number of ether oxygens (including phenoxy) is 1. The van der Waals surface area contributed by atoms with Gasteiger partial charge < -0.3 is 10.1 Å². The summed E-state index contributed by atoms with van der Waals surface area (Å²) in [7, 11) is 1.46. The number of nitrogens with zero attached hydrogens (tertiary/aromatic N) is 1. The maximum atomic E-state index is 12.6. The van der Waals surface area contributed by atoms with Crippen LogP contribution in [0, 0.1) is 0 Å². The van der Waals surface area contributed by atoms with Crippen molar-refractivity contribution in [3.8, 4) is 0 Å². The van der Waals surface area contributed by atoms with Crippen molar-refractivity contribution in [1.82, 2.24) is 4.90 Å². The summed E-state index contributed by atoms with van der Waals surface area (Å²) in [5, 5.41) is 3.44. The van der Waals surface area contributed by atoms with E-state index in [1.807, 2.05) is 54.6 Å². The largest absolute Gasteiger partial charge is 0.467 e. The smallest absolute Gasteiger partial charge is 0.331 e. The van der Waals surface area contributed by atoms with Crippen LogP contribution in [0.5, 0.6) is 0 Å². The lowest BCUT2D eigenvalue weighted by molar-refractivity contribution is -0.148. The highest BCUT2D eigenvalue weighted by Crippen LogP contribution is 2.33. The topological polar surface area (TPSA) is 41.6 Å². The Balaban J connectivity index is 1.76. The van der Waals surface area contributed by atoms with Crippen LogP contribution >= 0.6 is 0 Å². The fraction of sp³-hybridized carbons (Fsp3) is 0.318. The van der Waals surface area contributed by atoms with E-state index < -0.39 is 5.54 Å². The van der Waals surface area contributed by atoms with Gasteiger partial charge in [0.15, 0.2) is 0 Å². The van der Waals surface area contributed by atoms with Crippen molar-refractivity contribution in [2.24, 2.45) is 0 Å². The molecule has 0 amide bonds. The number of esters is 1. The lowest BCUT2D eigenvalue weighted by Crippen LogP contribution is -2.55. The molecule has 2 aromatic carbocycles. The van der Waals surface area contributed by atoms with Gasteiger partial charge in [-0.05, 0) is 30.5 Å². The van der Waals surface area contributed by atoms with Gasteiger partial charge in [0.25, 0.3) is 0 Å². The molecule has 1 saturated heterocycles. The molecule has 1 aliphatic rings. The summed E-state index contributed by atoms with van der Waals surface area (Å²) in [6.45, 7) is 5.60. The van der Waals surface area contributed by atoms with Crippen molar-refractivity contribution in [2.75, 3.05) is 25.5 Å². The maximum Gasteiger partial charge on any atom is 0.331 e. The quantitative estimate of drug-likeness (QED) is 0.631. The number of piperidine rings is 1. The standard InChI is InChI=1S/C22H26N2O2/c1-3-20(18-10-6-4-7-11-18)24-16-14-22(15-17-24,21(25)26-2)23-19-12-8-5-9-13-19/h3-13,20,23H,1,14-17H2,2H3. The van der Waals surface area contributed by atoms with E-state index in [2.05, 4.69) is 28.9 Å². The number of benzene rings is 2. The Morgan fingerprint density at radius 1 is 1.12 bits per heavy atom. The van der Waals surface area contributed by atoms with Gasteiger partial charge >= 0.3 is 5.97 Å². The Morgan fingerprint density at radius 3 is 2.23 bits per heavy atom. The summed E-state index contributed by atoms with van der Waals surface area (Å²) >= 11 is 0. The average molecular weight is 350 g/mol. The number of rotatable bonds is 6. The third-order valence-electron chi connectivity index (χ3n) is 5.14. The molecule has 1 heterocycles. The third-order valence-corrected chi connectivity index (χ3v) is 5.14. The Hall–Kier alpha value is -2.59. The summed E-state index contributed by atoms with van der Waals surface area (Å²) in [5.41, 5.74) is 1.48. The maximum absolute atomic E-state index is 12.6. The van der Waals surface area contributed by atoms with Gasteiger partial charge in [0, 0.05) is 18.8 Å². The summed E-state index contributed by atoms with van der Waals surface area (Å²) in [6.07, 6.45) is 3.35. The number of carbonyl (C=O) groups excluding carboxylic acids is 1. The molecule has 0 aliphatic carbocycles. The number of hydrogen-bond donors (Lipinski definition) is 1. The lowest BCUT2D eigenvalue weighted by Gasteiger charge is -2.43. The van der Waals surface area contributed by atoms with Gasteiger partial charge in [-0.3, -0.25) is 4.90 Å². The average Bonchev–Trinajstić information content (AvgIpc) is 2.71. The van der Waals surface area contributed by atoms with Crippen molar-refractivity contribution in [3.05, 3.63) is 78.9 Å². The first kappa shape index (κ1) is 18.2. The summed E-state index contributed by atoms with van der Waals surface area (Å²) in [6, 6.07) is 20.4. The molecule has 0 bridgehead atoms. The predicted octanol–water partition coefficient (Wildman–Crippen LogP) is 4.03. The van der Waals surface area contributed by atoms with E-state index in [9.17, 15) is 4.79 Å². The van der Waals surface area contributed by atoms with Crippen molar-refractivity contribution < 1.29 is 9.53 Å². The minimum absolute atomic E-state index is 0.156. The SMILES string of the molecule is C=CC(c1ccccc1)N1CCC(Nc2ccccc2)(C(=O)OC)CC1. The number of anilines is 1. The second kappa shape index (κ2) is 8.19. The Kier molecular flexibility index (Phi) is 5.74. The number of nitrogens with one attached hydrogen (secondary N) is 1. The normalized spacial score (nSPS) is 17.9. The van der Waals surface area contributed by atoms with Crippen LogP contribution < -0.4 is 5.32 Å². The van der Waals surface area contributed by atoms with Gasteiger partial charge in [-0.15, -0.1) is 6.58 Å². The Bertz CT molecular complexity index is 722. The molecule has 1 atom stereocenters. The summed E-state index contributed by atoms with van der Waals surface area (Å²) in [5.74, 6) is -0.198. The molecular weight excluding hydrogens is 324 g/mol. The molecule has 2 aromatic rings. The van der Waals surface area contributed by atoms with Gasteiger partial charge in [0.05, 0.1) is 13.2 Å². The number of hydrogen-bond acceptors (Lipinski definition) is 4. The van der Waals surface area contributed by atoms with Crippen molar-refractivity contribution >= 4 is 11.7 Å². The summed E-state index contributed by atoms with van der Waals surface area (Å²) in [4.78, 5) is 15.0. The van der Waals surface area contributed by atoms with E-state index in [0.717, 1.165) is 18.8 Å². The zero-order valence-corrected chi connectivity index (χ0v) is 15.2. The molecule has 0 aromatic heterocycles. The highest BCUT2D eigenvalue weighted by Gasteiger charge is 2.43. The number of likely N-dealkylation sites (tertiary alicyclic amines) is 1. The van der Waals surface area contributed by atoms with Gasteiger partial charge in [-0.2, -0.15) is 0 Å². The molecule has 4 heteroatoms. The van der Waals surface area contributed by atoms with Crippen LogP contribution in [0.3, 0.4) is 0 Å². The molecule has 0 spiro atoms. The molecule has 4 nitrogen and oxygen atoms in total. The fourth-order valence-electron chi connectivity index (χ4n) is 3.70. The van der Waals surface area contributed by atoms with E-state index in [1.165, 1.54) is 12.7 Å². The van der Waals surface area contributed by atoms with Gasteiger partial charge in [0.1, 0.15) is 5.54 Å². The van der Waals surface area contributed by atoms with Crippen LogP contribution in [-0.2, 0) is 9.53 Å². The van der Waals surface area contributed by atoms with Gasteiger partial charge in [0.2, 0.25) is 0 Å². The number of methoxy groups -OCH3 is 1. The second-order valence-electron chi connectivity index (χ2n) is 6.69. The zero-order valence-electron chi connectivity index (χ0n) is 15.2.